The number of rotatable bonds is 9. The van der Waals surface area contributed by atoms with Crippen molar-refractivity contribution in [3.05, 3.63) is 11.7 Å². The van der Waals surface area contributed by atoms with E-state index in [0.717, 1.165) is 30.5 Å². The van der Waals surface area contributed by atoms with E-state index in [1.807, 2.05) is 0 Å². The highest BCUT2D eigenvalue weighted by Gasteiger charge is 2.60. The van der Waals surface area contributed by atoms with Crippen molar-refractivity contribution in [3.63, 3.8) is 0 Å². The molecule has 3 atom stereocenters. The second kappa shape index (κ2) is 8.27. The minimum atomic E-state index is -3.78. The highest BCUT2D eigenvalue weighted by molar-refractivity contribution is 7.55. The Morgan fingerprint density at radius 1 is 1.16 bits per heavy atom. The first-order chi connectivity index (χ1) is 14.6. The number of carbonyl (C=O) groups excluding carboxylic acids is 1. The van der Waals surface area contributed by atoms with Crippen LogP contribution < -0.4 is 0 Å². The monoisotopic (exact) mass is 454 g/mol. The third-order valence-corrected chi connectivity index (χ3v) is 9.34. The van der Waals surface area contributed by atoms with Gasteiger partial charge in [0.05, 0.1) is 19.6 Å². The molecule has 9 heteroatoms. The molecule has 0 aromatic carbocycles. The van der Waals surface area contributed by atoms with Crippen molar-refractivity contribution < 1.29 is 27.7 Å². The third kappa shape index (κ3) is 4.36. The molecule has 174 valence electrons. The van der Waals surface area contributed by atoms with E-state index in [1.54, 1.807) is 34.6 Å². The summed E-state index contributed by atoms with van der Waals surface area (Å²) < 4.78 is 35.6. The van der Waals surface area contributed by atoms with Gasteiger partial charge in [0.1, 0.15) is 5.60 Å². The summed E-state index contributed by atoms with van der Waals surface area (Å²) in [4.78, 5) is 17.7. The molecule has 4 aliphatic rings. The smallest absolute Gasteiger partial charge is 0.345 e. The van der Waals surface area contributed by atoms with Gasteiger partial charge in [-0.15, -0.1) is 0 Å². The maximum absolute atomic E-state index is 13.5. The van der Waals surface area contributed by atoms with Crippen molar-refractivity contribution in [2.24, 2.45) is 17.8 Å². The number of nitrogens with zero attached hydrogens (tertiary/aromatic N) is 2. The Morgan fingerprint density at radius 2 is 1.77 bits per heavy atom. The second-order valence-electron chi connectivity index (χ2n) is 10.3. The first kappa shape index (κ1) is 22.9. The lowest BCUT2D eigenvalue weighted by Crippen LogP contribution is -2.34. The van der Waals surface area contributed by atoms with E-state index >= 15 is 0 Å². The van der Waals surface area contributed by atoms with Crippen LogP contribution in [0, 0.1) is 17.8 Å². The van der Waals surface area contributed by atoms with Crippen LogP contribution in [0.4, 0.5) is 0 Å². The molecule has 1 aromatic rings. The van der Waals surface area contributed by atoms with Gasteiger partial charge in [0.25, 0.3) is 0 Å². The molecule has 0 spiro atoms. The van der Waals surface area contributed by atoms with E-state index in [9.17, 15) is 9.36 Å². The summed E-state index contributed by atoms with van der Waals surface area (Å²) in [5.74, 6) is 2.56. The third-order valence-electron chi connectivity index (χ3n) is 6.95. The first-order valence-electron chi connectivity index (χ1n) is 11.5. The lowest BCUT2D eigenvalue weighted by molar-refractivity contribution is -0.154. The minimum absolute atomic E-state index is 0.0142. The van der Waals surface area contributed by atoms with E-state index in [0.29, 0.717) is 5.92 Å². The Hall–Kier alpha value is -1.24. The molecule has 0 amide bonds. The molecule has 5 rings (SSSR count). The molecule has 3 unspecified atom stereocenters. The molecule has 0 N–H and O–H groups in total. The van der Waals surface area contributed by atoms with Gasteiger partial charge in [-0.2, -0.15) is 4.98 Å². The number of carbonyl (C=O) groups is 1. The summed E-state index contributed by atoms with van der Waals surface area (Å²) in [7, 11) is -3.78. The molecule has 0 radical (unpaired) electrons. The van der Waals surface area contributed by atoms with Crippen LogP contribution in [0.25, 0.3) is 0 Å². The van der Waals surface area contributed by atoms with Crippen molar-refractivity contribution in [2.45, 2.75) is 89.8 Å². The SMILES string of the molecule is CCOP(=O)(OCC)C(Cc1nc(C23CC4CC(CC2C4)C3)no1)C(=O)OC(C)(C)C. The van der Waals surface area contributed by atoms with Gasteiger partial charge in [-0.25, -0.2) is 0 Å². The van der Waals surface area contributed by atoms with Crippen LogP contribution in [0.15, 0.2) is 4.52 Å². The fourth-order valence-electron chi connectivity index (χ4n) is 6.14. The van der Waals surface area contributed by atoms with Crippen molar-refractivity contribution in [2.75, 3.05) is 13.2 Å². The van der Waals surface area contributed by atoms with E-state index < -0.39 is 24.8 Å². The predicted octanol–water partition coefficient (Wildman–Crippen LogP) is 4.67. The molecule has 4 saturated carbocycles. The van der Waals surface area contributed by atoms with E-state index in [4.69, 9.17) is 23.3 Å². The van der Waals surface area contributed by atoms with Crippen molar-refractivity contribution in [1.29, 1.82) is 0 Å². The van der Waals surface area contributed by atoms with Gasteiger partial charge in [-0.1, -0.05) is 5.16 Å². The molecule has 0 aliphatic heterocycles. The van der Waals surface area contributed by atoms with E-state index in [2.05, 4.69) is 5.16 Å². The second-order valence-corrected chi connectivity index (χ2v) is 12.6. The lowest BCUT2D eigenvalue weighted by Gasteiger charge is -2.29. The topological polar surface area (TPSA) is 101 Å². The fourth-order valence-corrected chi connectivity index (χ4v) is 7.98. The Morgan fingerprint density at radius 3 is 2.32 bits per heavy atom. The molecule has 1 heterocycles. The molecule has 31 heavy (non-hydrogen) atoms. The zero-order valence-corrected chi connectivity index (χ0v) is 20.2. The Kier molecular flexibility index (Phi) is 6.12. The summed E-state index contributed by atoms with van der Waals surface area (Å²) in [6.45, 7) is 9.04. The number of esters is 1. The van der Waals surface area contributed by atoms with Gasteiger partial charge >= 0.3 is 13.6 Å². The summed E-state index contributed by atoms with van der Waals surface area (Å²) in [6, 6.07) is 0. The van der Waals surface area contributed by atoms with Crippen LogP contribution in [0.3, 0.4) is 0 Å². The molecular formula is C22H35N2O6P. The highest BCUT2D eigenvalue weighted by Crippen LogP contribution is 2.65. The Bertz CT molecular complexity index is 838. The zero-order valence-electron chi connectivity index (χ0n) is 19.3. The average molecular weight is 455 g/mol. The molecule has 4 bridgehead atoms. The number of ether oxygens (including phenoxy) is 1. The number of hydrogen-bond donors (Lipinski definition) is 0. The van der Waals surface area contributed by atoms with Gasteiger partial charge in [0, 0.05) is 5.41 Å². The molecule has 4 fully saturated rings. The van der Waals surface area contributed by atoms with Crippen molar-refractivity contribution >= 4 is 13.6 Å². The maximum Gasteiger partial charge on any atom is 0.345 e. The maximum atomic E-state index is 13.5. The number of hydrogen-bond acceptors (Lipinski definition) is 8. The van der Waals surface area contributed by atoms with Crippen LogP contribution in [0.2, 0.25) is 0 Å². The van der Waals surface area contributed by atoms with Gasteiger partial charge < -0.3 is 18.3 Å². The van der Waals surface area contributed by atoms with Gasteiger partial charge in [0.15, 0.2) is 11.5 Å². The van der Waals surface area contributed by atoms with Crippen LogP contribution in [-0.2, 0) is 35.0 Å². The highest BCUT2D eigenvalue weighted by atomic mass is 31.2. The quantitative estimate of drug-likeness (QED) is 0.392. The van der Waals surface area contributed by atoms with Crippen LogP contribution in [0.1, 0.15) is 78.4 Å². The average Bonchev–Trinajstić information content (AvgIpc) is 3.29. The summed E-state index contributed by atoms with van der Waals surface area (Å²) >= 11 is 0. The largest absolute Gasteiger partial charge is 0.459 e. The summed E-state index contributed by atoms with van der Waals surface area (Å²) in [5.41, 5.74) is -1.88. The zero-order chi connectivity index (χ0) is 22.4. The van der Waals surface area contributed by atoms with Crippen molar-refractivity contribution in [3.8, 4) is 0 Å². The van der Waals surface area contributed by atoms with Gasteiger partial charge in [-0.05, 0) is 84.5 Å². The predicted molar refractivity (Wildman–Crippen MR) is 114 cm³/mol. The van der Waals surface area contributed by atoms with Gasteiger partial charge in [0.2, 0.25) is 5.89 Å². The summed E-state index contributed by atoms with van der Waals surface area (Å²) in [5, 5.41) is 4.34. The van der Waals surface area contributed by atoms with E-state index in [-0.39, 0.29) is 30.9 Å². The fraction of sp³-hybridized carbons (Fsp3) is 0.864. The molecule has 1 aromatic heterocycles. The number of aromatic nitrogens is 2. The van der Waals surface area contributed by atoms with E-state index in [1.165, 1.54) is 19.3 Å². The normalized spacial score (nSPS) is 30.7. The first-order valence-corrected chi connectivity index (χ1v) is 13.1. The molecule has 4 aliphatic carbocycles. The molecular weight excluding hydrogens is 419 g/mol. The van der Waals surface area contributed by atoms with Gasteiger partial charge in [-0.3, -0.25) is 9.36 Å². The van der Waals surface area contributed by atoms with Crippen LogP contribution in [0.5, 0.6) is 0 Å². The minimum Gasteiger partial charge on any atom is -0.459 e. The lowest BCUT2D eigenvalue weighted by atomic mass is 9.75. The molecule has 8 nitrogen and oxygen atoms in total. The van der Waals surface area contributed by atoms with Crippen LogP contribution in [-0.4, -0.2) is 40.6 Å². The Balaban J connectivity index is 1.59. The Labute approximate surface area is 184 Å². The van der Waals surface area contributed by atoms with Crippen LogP contribution >= 0.6 is 7.60 Å². The van der Waals surface area contributed by atoms with Crippen molar-refractivity contribution in [1.82, 2.24) is 10.1 Å². The summed E-state index contributed by atoms with van der Waals surface area (Å²) in [6.07, 6.45) is 6.05. The molecule has 0 saturated heterocycles. The standard InChI is InChI=1S/C22H35N2O6P/c1-6-27-31(26,28-7-2)17(19(25)29-21(3,4)5)11-18-23-20(24-30-18)22-12-14-8-15(13-22)10-16(22)9-14/h14-17H,6-13H2,1-5H3.